The summed E-state index contributed by atoms with van der Waals surface area (Å²) in [7, 11) is 0. The molecule has 0 N–H and O–H groups in total. The highest BCUT2D eigenvalue weighted by atomic mass is 79.9. The smallest absolute Gasteiger partial charge is 0.230 e. The second kappa shape index (κ2) is 8.69. The molecule has 1 saturated heterocycles. The van der Waals surface area contributed by atoms with E-state index in [0.29, 0.717) is 18.1 Å². The van der Waals surface area contributed by atoms with Crippen molar-refractivity contribution in [3.05, 3.63) is 70.5 Å². The highest BCUT2D eigenvalue weighted by molar-refractivity contribution is 9.10. The van der Waals surface area contributed by atoms with Crippen molar-refractivity contribution in [3.63, 3.8) is 0 Å². The Morgan fingerprint density at radius 1 is 1.07 bits per heavy atom. The minimum absolute atomic E-state index is 0.217. The van der Waals surface area contributed by atoms with Gasteiger partial charge in [0.15, 0.2) is 0 Å². The fourth-order valence-corrected chi connectivity index (χ4v) is 3.81. The number of benzene rings is 2. The number of carbonyl (C=O) groups is 1. The quantitative estimate of drug-likeness (QED) is 0.570. The molecule has 1 aliphatic heterocycles. The Bertz CT molecular complexity index is 916. The summed E-state index contributed by atoms with van der Waals surface area (Å²) in [6.45, 7) is 1.49. The van der Waals surface area contributed by atoms with E-state index in [1.54, 1.807) is 0 Å². The van der Waals surface area contributed by atoms with Crippen molar-refractivity contribution in [3.8, 4) is 11.4 Å². The standard InChI is InChI=1S/C22H22BrN3O2/c23-19-9-7-17(8-10-19)21-24-22(28-25-21)18-12-14-26(15-13-18)20(27)11-6-16-4-2-1-3-5-16/h1-5,7-10,18H,6,11-15H2. The molecule has 1 amide bonds. The first kappa shape index (κ1) is 18.9. The summed E-state index contributed by atoms with van der Waals surface area (Å²) in [6.07, 6.45) is 3.07. The van der Waals surface area contributed by atoms with Crippen molar-refractivity contribution < 1.29 is 9.32 Å². The minimum atomic E-state index is 0.217. The van der Waals surface area contributed by atoms with Crippen LogP contribution in [0.1, 0.15) is 36.6 Å². The molecule has 0 unspecified atom stereocenters. The molecule has 0 radical (unpaired) electrons. The second-order valence-electron chi connectivity index (χ2n) is 7.10. The van der Waals surface area contributed by atoms with Crippen LogP contribution in [0.4, 0.5) is 0 Å². The number of rotatable bonds is 5. The Labute approximate surface area is 172 Å². The fraction of sp³-hybridized carbons (Fsp3) is 0.318. The van der Waals surface area contributed by atoms with Gasteiger partial charge in [0.2, 0.25) is 17.6 Å². The van der Waals surface area contributed by atoms with Crippen molar-refractivity contribution in [1.29, 1.82) is 0 Å². The largest absolute Gasteiger partial charge is 0.343 e. The van der Waals surface area contributed by atoms with Crippen molar-refractivity contribution in [2.24, 2.45) is 0 Å². The molecular formula is C22H22BrN3O2. The van der Waals surface area contributed by atoms with Crippen molar-refractivity contribution in [1.82, 2.24) is 15.0 Å². The average Bonchev–Trinajstić information content (AvgIpc) is 3.24. The lowest BCUT2D eigenvalue weighted by Gasteiger charge is -2.30. The van der Waals surface area contributed by atoms with Crippen molar-refractivity contribution >= 4 is 21.8 Å². The molecule has 3 aromatic rings. The van der Waals surface area contributed by atoms with Gasteiger partial charge in [-0.25, -0.2) is 0 Å². The first-order valence-electron chi connectivity index (χ1n) is 9.60. The molecule has 1 aromatic heterocycles. The lowest BCUT2D eigenvalue weighted by atomic mass is 9.96. The third kappa shape index (κ3) is 4.50. The zero-order chi connectivity index (χ0) is 19.3. The molecule has 28 heavy (non-hydrogen) atoms. The van der Waals surface area contributed by atoms with Crippen LogP contribution in [0.5, 0.6) is 0 Å². The lowest BCUT2D eigenvalue weighted by molar-refractivity contribution is -0.132. The van der Waals surface area contributed by atoms with Gasteiger partial charge in [-0.05, 0) is 49.1 Å². The number of aryl methyl sites for hydroxylation is 1. The molecular weight excluding hydrogens is 418 g/mol. The summed E-state index contributed by atoms with van der Waals surface area (Å²) in [4.78, 5) is 19.0. The number of carbonyl (C=O) groups excluding carboxylic acids is 1. The highest BCUT2D eigenvalue weighted by Crippen LogP contribution is 2.29. The van der Waals surface area contributed by atoms with Gasteiger partial charge in [-0.2, -0.15) is 4.98 Å². The molecule has 0 aliphatic carbocycles. The third-order valence-corrected chi connectivity index (χ3v) is 5.74. The third-order valence-electron chi connectivity index (χ3n) is 5.21. The van der Waals surface area contributed by atoms with Crippen LogP contribution in [0, 0.1) is 0 Å². The van der Waals surface area contributed by atoms with Crippen LogP contribution in [-0.4, -0.2) is 34.0 Å². The predicted octanol–water partition coefficient (Wildman–Crippen LogP) is 4.84. The fourth-order valence-electron chi connectivity index (χ4n) is 3.55. The van der Waals surface area contributed by atoms with E-state index in [-0.39, 0.29) is 11.8 Å². The molecule has 1 aliphatic rings. The SMILES string of the molecule is O=C(CCc1ccccc1)N1CCC(c2nc(-c3ccc(Br)cc3)no2)CC1. The first-order valence-corrected chi connectivity index (χ1v) is 10.4. The van der Waals surface area contributed by atoms with Crippen LogP contribution in [0.15, 0.2) is 63.6 Å². The van der Waals surface area contributed by atoms with Crippen LogP contribution in [0.3, 0.4) is 0 Å². The molecule has 4 rings (SSSR count). The zero-order valence-corrected chi connectivity index (χ0v) is 17.1. The molecule has 5 nitrogen and oxygen atoms in total. The highest BCUT2D eigenvalue weighted by Gasteiger charge is 2.27. The van der Waals surface area contributed by atoms with Gasteiger partial charge in [0.05, 0.1) is 0 Å². The number of hydrogen-bond donors (Lipinski definition) is 0. The summed E-state index contributed by atoms with van der Waals surface area (Å²) in [5, 5.41) is 4.13. The van der Waals surface area contributed by atoms with Gasteiger partial charge >= 0.3 is 0 Å². The maximum atomic E-state index is 12.5. The molecule has 2 heterocycles. The number of aromatic nitrogens is 2. The second-order valence-corrected chi connectivity index (χ2v) is 8.02. The molecule has 0 saturated carbocycles. The number of likely N-dealkylation sites (tertiary alicyclic amines) is 1. The number of nitrogens with zero attached hydrogens (tertiary/aromatic N) is 3. The number of piperidine rings is 1. The molecule has 144 valence electrons. The Morgan fingerprint density at radius 3 is 2.50 bits per heavy atom. The van der Waals surface area contributed by atoms with E-state index in [1.165, 1.54) is 5.56 Å². The molecule has 0 spiro atoms. The summed E-state index contributed by atoms with van der Waals surface area (Å²) in [5.74, 6) is 1.73. The van der Waals surface area contributed by atoms with E-state index in [2.05, 4.69) is 38.2 Å². The molecule has 0 atom stereocenters. The van der Waals surface area contributed by atoms with E-state index >= 15 is 0 Å². The van der Waals surface area contributed by atoms with Crippen LogP contribution >= 0.6 is 15.9 Å². The number of hydrogen-bond acceptors (Lipinski definition) is 4. The Hall–Kier alpha value is -2.47. The molecule has 2 aromatic carbocycles. The average molecular weight is 440 g/mol. The normalized spacial score (nSPS) is 15.0. The molecule has 6 heteroatoms. The van der Waals surface area contributed by atoms with Crippen molar-refractivity contribution in [2.45, 2.75) is 31.6 Å². The number of halogens is 1. The zero-order valence-electron chi connectivity index (χ0n) is 15.6. The van der Waals surface area contributed by atoms with Crippen LogP contribution in [0.25, 0.3) is 11.4 Å². The minimum Gasteiger partial charge on any atom is -0.343 e. The van der Waals surface area contributed by atoms with E-state index < -0.39 is 0 Å². The van der Waals surface area contributed by atoms with Crippen LogP contribution < -0.4 is 0 Å². The van der Waals surface area contributed by atoms with Gasteiger partial charge in [0.25, 0.3) is 0 Å². The maximum Gasteiger partial charge on any atom is 0.230 e. The summed E-state index contributed by atoms with van der Waals surface area (Å²) in [6, 6.07) is 18.0. The van der Waals surface area contributed by atoms with Crippen LogP contribution in [-0.2, 0) is 11.2 Å². The van der Waals surface area contributed by atoms with Gasteiger partial charge in [-0.3, -0.25) is 4.79 Å². The van der Waals surface area contributed by atoms with E-state index in [4.69, 9.17) is 4.52 Å². The molecule has 1 fully saturated rings. The summed E-state index contributed by atoms with van der Waals surface area (Å²) >= 11 is 3.43. The Kier molecular flexibility index (Phi) is 5.86. The number of amides is 1. The van der Waals surface area contributed by atoms with Gasteiger partial charge in [0, 0.05) is 35.5 Å². The topological polar surface area (TPSA) is 59.2 Å². The summed E-state index contributed by atoms with van der Waals surface area (Å²) < 4.78 is 6.53. The van der Waals surface area contributed by atoms with E-state index in [0.717, 1.165) is 42.4 Å². The Morgan fingerprint density at radius 2 is 1.79 bits per heavy atom. The van der Waals surface area contributed by atoms with Crippen LogP contribution in [0.2, 0.25) is 0 Å². The van der Waals surface area contributed by atoms with Gasteiger partial charge in [-0.15, -0.1) is 0 Å². The van der Waals surface area contributed by atoms with E-state index in [9.17, 15) is 4.79 Å². The lowest BCUT2D eigenvalue weighted by Crippen LogP contribution is -2.38. The first-order chi connectivity index (χ1) is 13.7. The predicted molar refractivity (Wildman–Crippen MR) is 111 cm³/mol. The van der Waals surface area contributed by atoms with Crippen molar-refractivity contribution in [2.75, 3.05) is 13.1 Å². The molecule has 0 bridgehead atoms. The van der Waals surface area contributed by atoms with E-state index in [1.807, 2.05) is 47.4 Å². The monoisotopic (exact) mass is 439 g/mol. The maximum absolute atomic E-state index is 12.5. The Balaban J connectivity index is 1.30. The van der Waals surface area contributed by atoms with Gasteiger partial charge in [-0.1, -0.05) is 51.4 Å². The summed E-state index contributed by atoms with van der Waals surface area (Å²) in [5.41, 5.74) is 2.14. The van der Waals surface area contributed by atoms with Gasteiger partial charge in [0.1, 0.15) is 0 Å². The van der Waals surface area contributed by atoms with Gasteiger partial charge < -0.3 is 9.42 Å².